The molecule has 0 aliphatic carbocycles. The van der Waals surface area contributed by atoms with E-state index >= 15 is 0 Å². The highest BCUT2D eigenvalue weighted by Crippen LogP contribution is 2.28. The van der Waals surface area contributed by atoms with E-state index in [2.05, 4.69) is 39.7 Å². The Morgan fingerprint density at radius 2 is 1.35 bits per heavy atom. The van der Waals surface area contributed by atoms with Gasteiger partial charge in [-0.05, 0) is 6.07 Å². The van der Waals surface area contributed by atoms with Crippen molar-refractivity contribution in [2.75, 3.05) is 5.43 Å². The molecule has 3 N–H and O–H groups in total. The maximum absolute atomic E-state index is 11.2. The number of hydrogen-bond donors (Lipinski definition) is 3. The van der Waals surface area contributed by atoms with E-state index in [1.54, 1.807) is 12.3 Å². The number of allylic oxidation sites excluding steroid dienone is 1. The molecule has 0 aliphatic heterocycles. The van der Waals surface area contributed by atoms with Crippen LogP contribution in [0.3, 0.4) is 0 Å². The van der Waals surface area contributed by atoms with E-state index in [1.165, 1.54) is 23.3 Å². The lowest BCUT2D eigenvalue weighted by atomic mass is 10.2. The van der Waals surface area contributed by atoms with Crippen molar-refractivity contribution in [3.8, 4) is 0 Å². The highest BCUT2D eigenvalue weighted by molar-refractivity contribution is 7.79. The molecule has 0 spiro atoms. The zero-order valence-electron chi connectivity index (χ0n) is 19.2. The Bertz CT molecular complexity index is 1310. The Morgan fingerprint density at radius 1 is 0.838 bits per heavy atom. The van der Waals surface area contributed by atoms with Gasteiger partial charge in [0.05, 0.1) is 15.9 Å². The molecule has 0 bridgehead atoms. The number of rotatable bonds is 10. The third-order valence-corrected chi connectivity index (χ3v) is 4.53. The van der Waals surface area contributed by atoms with Gasteiger partial charge >= 0.3 is 5.69 Å². The quantitative estimate of drug-likeness (QED) is 0.0875. The van der Waals surface area contributed by atoms with Gasteiger partial charge in [-0.25, -0.2) is 13.0 Å². The minimum absolute atomic E-state index is 0.121. The zero-order valence-corrected chi connectivity index (χ0v) is 20.0. The van der Waals surface area contributed by atoms with Crippen LogP contribution in [-0.2, 0) is 23.5 Å². The summed E-state index contributed by atoms with van der Waals surface area (Å²) in [7, 11) is -4.92. The molecule has 0 saturated carbocycles. The van der Waals surface area contributed by atoms with E-state index in [-0.39, 0.29) is 17.1 Å². The molecule has 37 heavy (non-hydrogen) atoms. The lowest BCUT2D eigenvalue weighted by Crippen LogP contribution is -2.16. The van der Waals surface area contributed by atoms with Crippen LogP contribution < -0.4 is 10.9 Å². The number of hydrogen-bond acceptors (Lipinski definition) is 9. The van der Waals surface area contributed by atoms with Crippen molar-refractivity contribution in [2.45, 2.75) is 13.1 Å². The minimum Gasteiger partial charge on any atom is -0.726 e. The first-order valence-electron chi connectivity index (χ1n) is 10.5. The van der Waals surface area contributed by atoms with Crippen molar-refractivity contribution in [2.24, 2.45) is 0 Å². The summed E-state index contributed by atoms with van der Waals surface area (Å²) in [5.41, 5.74) is 7.18. The molecule has 0 amide bonds. The molecule has 194 valence electrons. The van der Waals surface area contributed by atoms with E-state index in [9.17, 15) is 20.2 Å². The number of anilines is 1. The fourth-order valence-electron chi connectivity index (χ4n) is 3.02. The molecule has 3 rings (SSSR count). The first-order chi connectivity index (χ1) is 17.5. The van der Waals surface area contributed by atoms with Gasteiger partial charge in [-0.15, -0.1) is 0 Å². The largest absolute Gasteiger partial charge is 0.726 e. The van der Waals surface area contributed by atoms with Crippen LogP contribution in [0.1, 0.15) is 11.1 Å². The van der Waals surface area contributed by atoms with Crippen molar-refractivity contribution < 1.29 is 31.9 Å². The summed E-state index contributed by atoms with van der Waals surface area (Å²) in [6.07, 6.45) is 5.28. The second-order valence-electron chi connectivity index (χ2n) is 7.30. The molecule has 0 aromatic heterocycles. The summed E-state index contributed by atoms with van der Waals surface area (Å²) in [4.78, 5) is 20.7. The molecule has 0 aliphatic rings. The van der Waals surface area contributed by atoms with Crippen LogP contribution in [0.5, 0.6) is 0 Å². The maximum atomic E-state index is 11.2. The average Bonchev–Trinajstić information content (AvgIpc) is 2.84. The Labute approximate surface area is 212 Å². The Hall–Kier alpha value is -4.66. The summed E-state index contributed by atoms with van der Waals surface area (Å²) in [6, 6.07) is 23.6. The van der Waals surface area contributed by atoms with Crippen LogP contribution in [0, 0.1) is 20.2 Å². The molecule has 3 aromatic rings. The number of hydrazine groups is 1. The number of benzene rings is 3. The Balaban J connectivity index is 0.000000877. The van der Waals surface area contributed by atoms with Crippen LogP contribution >= 0.6 is 0 Å². The standard InChI is InChI=1S/C23H21N5O4.H2O4S/c29-27(30)21-12-13-22(23(16-21)28(31)32)25-24-14-7-15-26(17-19-8-3-1-4-9-19)18-20-10-5-2-6-11-20;1-5(2,3)4/h1-16,25H,17-18H2;(H2,1,2,3,4). The van der Waals surface area contributed by atoms with Gasteiger partial charge in [0, 0.05) is 29.5 Å². The molecule has 14 heteroatoms. The normalized spacial score (nSPS) is 10.6. The van der Waals surface area contributed by atoms with Gasteiger partial charge in [-0.2, -0.15) is 0 Å². The van der Waals surface area contributed by atoms with E-state index in [4.69, 9.17) is 17.5 Å². The van der Waals surface area contributed by atoms with E-state index in [1.807, 2.05) is 42.6 Å². The van der Waals surface area contributed by atoms with Gasteiger partial charge in [-0.1, -0.05) is 60.7 Å². The van der Waals surface area contributed by atoms with Gasteiger partial charge in [0.25, 0.3) is 5.69 Å². The monoisotopic (exact) mass is 529 g/mol. The second kappa shape index (κ2) is 14.0. The Kier molecular flexibility index (Phi) is 10.8. The summed E-state index contributed by atoms with van der Waals surface area (Å²) in [5, 5.41) is 22.0. The number of nitrogens with zero attached hydrogens (tertiary/aromatic N) is 3. The number of nitro benzene ring substituents is 2. The molecule has 0 unspecified atom stereocenters. The molecule has 0 atom stereocenters. The summed E-state index contributed by atoms with van der Waals surface area (Å²) in [6.45, 7) is 1.42. The first kappa shape index (κ1) is 28.6. The van der Waals surface area contributed by atoms with Gasteiger partial charge in [-0.3, -0.25) is 30.2 Å². The maximum Gasteiger partial charge on any atom is 0.300 e. The molecule has 3 aromatic carbocycles. The van der Waals surface area contributed by atoms with Crippen LogP contribution in [0.2, 0.25) is 0 Å². The Morgan fingerprint density at radius 3 is 1.81 bits per heavy atom. The van der Waals surface area contributed by atoms with Crippen LogP contribution in [0.25, 0.3) is 0 Å². The zero-order chi connectivity index (χ0) is 27.3. The summed E-state index contributed by atoms with van der Waals surface area (Å²) < 4.78 is 35.0. The number of nitrogens with one attached hydrogen (secondary N) is 2. The van der Waals surface area contributed by atoms with Gasteiger partial charge in [0.15, 0.2) is 19.3 Å². The minimum atomic E-state index is -4.92. The SMILES string of the molecule is O=S(=O)([O-])O.O=[N+]([O-])c1ccc(NN/C=C/C=[N+](Cc2ccccc2)Cc2ccccc2)c([N+](=O)[O-])c1. The highest BCUT2D eigenvalue weighted by Gasteiger charge is 2.19. The van der Waals surface area contributed by atoms with Gasteiger partial charge in [0.2, 0.25) is 10.4 Å². The van der Waals surface area contributed by atoms with Crippen LogP contribution in [0.15, 0.2) is 91.1 Å². The van der Waals surface area contributed by atoms with E-state index in [0.717, 1.165) is 6.07 Å². The van der Waals surface area contributed by atoms with Crippen LogP contribution in [-0.4, -0.2) is 38.2 Å². The lowest BCUT2D eigenvalue weighted by Gasteiger charge is -2.06. The molecule has 0 saturated heterocycles. The third kappa shape index (κ3) is 11.5. The molecular formula is C23H23N5O8S. The fourth-order valence-corrected chi connectivity index (χ4v) is 3.02. The van der Waals surface area contributed by atoms with Crippen molar-refractivity contribution >= 4 is 33.7 Å². The fraction of sp³-hybridized carbons (Fsp3) is 0.0870. The third-order valence-electron chi connectivity index (χ3n) is 4.53. The molecule has 0 fully saturated rings. The summed E-state index contributed by atoms with van der Waals surface area (Å²) in [5.74, 6) is 0. The van der Waals surface area contributed by atoms with Crippen LogP contribution in [0.4, 0.5) is 17.1 Å². The van der Waals surface area contributed by atoms with Crippen molar-refractivity contribution in [3.63, 3.8) is 0 Å². The number of nitro groups is 2. The summed E-state index contributed by atoms with van der Waals surface area (Å²) >= 11 is 0. The molecule has 13 nitrogen and oxygen atoms in total. The molecular weight excluding hydrogens is 506 g/mol. The predicted molar refractivity (Wildman–Crippen MR) is 135 cm³/mol. The number of non-ortho nitro benzene ring substituents is 1. The van der Waals surface area contributed by atoms with Crippen molar-refractivity contribution in [1.82, 2.24) is 5.43 Å². The smallest absolute Gasteiger partial charge is 0.300 e. The highest BCUT2D eigenvalue weighted by atomic mass is 32.3. The molecule has 0 radical (unpaired) electrons. The average molecular weight is 530 g/mol. The predicted octanol–water partition coefficient (Wildman–Crippen LogP) is 3.42. The topological polar surface area (TPSA) is 191 Å². The second-order valence-corrected chi connectivity index (χ2v) is 8.15. The first-order valence-corrected chi connectivity index (χ1v) is 11.8. The van der Waals surface area contributed by atoms with E-state index < -0.39 is 20.2 Å². The van der Waals surface area contributed by atoms with Gasteiger partial charge in [0.1, 0.15) is 5.69 Å². The van der Waals surface area contributed by atoms with Gasteiger partial charge < -0.3 is 9.98 Å². The molecule has 0 heterocycles. The van der Waals surface area contributed by atoms with Crippen molar-refractivity contribution in [1.29, 1.82) is 0 Å². The lowest BCUT2D eigenvalue weighted by molar-refractivity contribution is -0.554. The van der Waals surface area contributed by atoms with E-state index in [0.29, 0.717) is 13.1 Å². The van der Waals surface area contributed by atoms with Crippen molar-refractivity contribution in [3.05, 3.63) is 122 Å².